The molecular weight excluding hydrogens is 206 g/mol. The molecule has 3 heterocycles. The van der Waals surface area contributed by atoms with Crippen molar-refractivity contribution >= 4 is 27.3 Å². The number of H-pyrrole nitrogens is 1. The standard InChI is InChI=1S/C11H13N3S/c1-7-2-3-9(12-5-7)10-4-8-6-13-14-11(8)15-10/h4,6-7H,2-3,5H2,1H3,(H,13,14)/t7-/m0/s1. The lowest BCUT2D eigenvalue weighted by Gasteiger charge is -2.16. The van der Waals surface area contributed by atoms with E-state index < -0.39 is 0 Å². The number of hydrogen-bond acceptors (Lipinski definition) is 3. The fraction of sp³-hybridized carbons (Fsp3) is 0.455. The molecule has 3 rings (SSSR count). The molecule has 4 heteroatoms. The molecule has 0 aliphatic carbocycles. The fourth-order valence-electron chi connectivity index (χ4n) is 1.91. The zero-order valence-electron chi connectivity index (χ0n) is 8.66. The van der Waals surface area contributed by atoms with E-state index in [1.54, 1.807) is 11.3 Å². The summed E-state index contributed by atoms with van der Waals surface area (Å²) in [5.41, 5.74) is 1.28. The molecule has 0 spiro atoms. The maximum Gasteiger partial charge on any atom is 0.118 e. The monoisotopic (exact) mass is 219 g/mol. The van der Waals surface area contributed by atoms with Gasteiger partial charge in [0.05, 0.1) is 16.8 Å². The second-order valence-corrected chi connectivity index (χ2v) is 5.25. The van der Waals surface area contributed by atoms with Gasteiger partial charge >= 0.3 is 0 Å². The SMILES string of the molecule is C[C@H]1CCC(c2cc3cn[nH]c3s2)=NC1. The Hall–Kier alpha value is -1.16. The summed E-state index contributed by atoms with van der Waals surface area (Å²) < 4.78 is 0. The first-order valence-corrected chi connectivity index (χ1v) is 6.11. The maximum atomic E-state index is 4.65. The predicted molar refractivity (Wildman–Crippen MR) is 63.8 cm³/mol. The largest absolute Gasteiger partial charge is 0.288 e. The first-order valence-electron chi connectivity index (χ1n) is 5.29. The molecule has 1 atom stereocenters. The van der Waals surface area contributed by atoms with Gasteiger partial charge < -0.3 is 0 Å². The number of thiophene rings is 1. The van der Waals surface area contributed by atoms with Crippen molar-refractivity contribution in [2.24, 2.45) is 10.9 Å². The molecule has 0 saturated heterocycles. The maximum absolute atomic E-state index is 4.65. The van der Waals surface area contributed by atoms with Crippen LogP contribution < -0.4 is 0 Å². The minimum Gasteiger partial charge on any atom is -0.288 e. The van der Waals surface area contributed by atoms with Crippen molar-refractivity contribution in [2.45, 2.75) is 19.8 Å². The van der Waals surface area contributed by atoms with E-state index in [9.17, 15) is 0 Å². The summed E-state index contributed by atoms with van der Waals surface area (Å²) in [6.45, 7) is 3.25. The lowest BCUT2D eigenvalue weighted by molar-refractivity contribution is 0.539. The van der Waals surface area contributed by atoms with Gasteiger partial charge in [0.15, 0.2) is 0 Å². The minimum absolute atomic E-state index is 0.750. The summed E-state index contributed by atoms with van der Waals surface area (Å²) in [4.78, 5) is 7.12. The van der Waals surface area contributed by atoms with Crippen LogP contribution in [0.15, 0.2) is 17.3 Å². The first-order chi connectivity index (χ1) is 7.33. The molecule has 3 nitrogen and oxygen atoms in total. The molecule has 78 valence electrons. The van der Waals surface area contributed by atoms with E-state index in [2.05, 4.69) is 28.2 Å². The van der Waals surface area contributed by atoms with E-state index in [4.69, 9.17) is 0 Å². The molecule has 0 aromatic carbocycles. The minimum atomic E-state index is 0.750. The second-order valence-electron chi connectivity index (χ2n) is 4.20. The highest BCUT2D eigenvalue weighted by atomic mass is 32.1. The predicted octanol–water partition coefficient (Wildman–Crippen LogP) is 2.84. The van der Waals surface area contributed by atoms with Crippen LogP contribution in [-0.2, 0) is 0 Å². The molecule has 0 fully saturated rings. The van der Waals surface area contributed by atoms with Crippen LogP contribution in [0.3, 0.4) is 0 Å². The number of hydrogen-bond donors (Lipinski definition) is 1. The molecule has 0 saturated carbocycles. The van der Waals surface area contributed by atoms with Gasteiger partial charge in [-0.05, 0) is 24.8 Å². The van der Waals surface area contributed by atoms with Crippen molar-refractivity contribution in [1.82, 2.24) is 10.2 Å². The van der Waals surface area contributed by atoms with Gasteiger partial charge in [-0.1, -0.05) is 6.92 Å². The third kappa shape index (κ3) is 1.59. The van der Waals surface area contributed by atoms with Crippen LogP contribution >= 0.6 is 11.3 Å². The summed E-state index contributed by atoms with van der Waals surface area (Å²) in [5.74, 6) is 0.750. The van der Waals surface area contributed by atoms with Gasteiger partial charge in [0.2, 0.25) is 0 Å². The molecule has 1 aliphatic heterocycles. The lowest BCUT2D eigenvalue weighted by atomic mass is 9.99. The number of aliphatic imine (C=N–C) groups is 1. The topological polar surface area (TPSA) is 41.0 Å². The summed E-state index contributed by atoms with van der Waals surface area (Å²) in [6, 6.07) is 2.19. The normalized spacial score (nSPS) is 21.9. The number of aromatic amines is 1. The molecule has 2 aromatic rings. The van der Waals surface area contributed by atoms with E-state index in [1.807, 2.05) is 6.20 Å². The highest BCUT2D eigenvalue weighted by Gasteiger charge is 2.15. The molecule has 2 aromatic heterocycles. The Kier molecular flexibility index (Phi) is 2.09. The smallest absolute Gasteiger partial charge is 0.118 e. The quantitative estimate of drug-likeness (QED) is 0.787. The van der Waals surface area contributed by atoms with Crippen LogP contribution in [0.5, 0.6) is 0 Å². The molecular formula is C11H13N3S. The van der Waals surface area contributed by atoms with Crippen molar-refractivity contribution in [1.29, 1.82) is 0 Å². The summed E-state index contributed by atoms with van der Waals surface area (Å²) in [6.07, 6.45) is 4.27. The van der Waals surface area contributed by atoms with Crippen molar-refractivity contribution in [3.05, 3.63) is 17.1 Å². The average Bonchev–Trinajstić information content (AvgIpc) is 2.78. The van der Waals surface area contributed by atoms with Crippen molar-refractivity contribution in [2.75, 3.05) is 6.54 Å². The number of aromatic nitrogens is 2. The van der Waals surface area contributed by atoms with Gasteiger partial charge in [-0.2, -0.15) is 5.10 Å². The van der Waals surface area contributed by atoms with Gasteiger partial charge in [-0.15, -0.1) is 11.3 Å². The van der Waals surface area contributed by atoms with Gasteiger partial charge in [-0.25, -0.2) is 0 Å². The molecule has 0 amide bonds. The van der Waals surface area contributed by atoms with Crippen LogP contribution in [0.25, 0.3) is 10.2 Å². The van der Waals surface area contributed by atoms with Crippen LogP contribution in [0.1, 0.15) is 24.6 Å². The fourth-order valence-corrected chi connectivity index (χ4v) is 2.93. The highest BCUT2D eigenvalue weighted by molar-refractivity contribution is 7.20. The number of rotatable bonds is 1. The molecule has 0 unspecified atom stereocenters. The van der Waals surface area contributed by atoms with E-state index in [1.165, 1.54) is 22.4 Å². The van der Waals surface area contributed by atoms with Crippen LogP contribution in [0, 0.1) is 5.92 Å². The third-order valence-corrected chi connectivity index (χ3v) is 3.99. The van der Waals surface area contributed by atoms with Crippen molar-refractivity contribution in [3.63, 3.8) is 0 Å². The van der Waals surface area contributed by atoms with Gasteiger partial charge in [0, 0.05) is 11.9 Å². The van der Waals surface area contributed by atoms with Crippen molar-refractivity contribution < 1.29 is 0 Å². The Labute approximate surface area is 92.2 Å². The first kappa shape index (κ1) is 9.09. The highest BCUT2D eigenvalue weighted by Crippen LogP contribution is 2.27. The zero-order valence-corrected chi connectivity index (χ0v) is 9.47. The molecule has 0 bridgehead atoms. The summed E-state index contributed by atoms with van der Waals surface area (Å²) in [7, 11) is 0. The lowest BCUT2D eigenvalue weighted by Crippen LogP contribution is -2.13. The van der Waals surface area contributed by atoms with Crippen LogP contribution in [0.2, 0.25) is 0 Å². The van der Waals surface area contributed by atoms with E-state index >= 15 is 0 Å². The Morgan fingerprint density at radius 3 is 3.20 bits per heavy atom. The number of nitrogens with one attached hydrogen (secondary N) is 1. The molecule has 1 aliphatic rings. The van der Waals surface area contributed by atoms with Gasteiger partial charge in [-0.3, -0.25) is 10.1 Å². The Balaban J connectivity index is 1.97. The van der Waals surface area contributed by atoms with Gasteiger partial charge in [0.1, 0.15) is 4.83 Å². The number of nitrogens with zero attached hydrogens (tertiary/aromatic N) is 2. The zero-order chi connectivity index (χ0) is 10.3. The van der Waals surface area contributed by atoms with Crippen molar-refractivity contribution in [3.8, 4) is 0 Å². The average molecular weight is 219 g/mol. The Morgan fingerprint density at radius 2 is 2.47 bits per heavy atom. The third-order valence-electron chi connectivity index (χ3n) is 2.88. The Morgan fingerprint density at radius 1 is 1.53 bits per heavy atom. The molecule has 15 heavy (non-hydrogen) atoms. The van der Waals surface area contributed by atoms with Gasteiger partial charge in [0.25, 0.3) is 0 Å². The van der Waals surface area contributed by atoms with Crippen LogP contribution in [0.4, 0.5) is 0 Å². The summed E-state index contributed by atoms with van der Waals surface area (Å²) in [5, 5.41) is 8.21. The van der Waals surface area contributed by atoms with E-state index in [0.717, 1.165) is 23.7 Å². The van der Waals surface area contributed by atoms with Crippen LogP contribution in [-0.4, -0.2) is 22.5 Å². The molecule has 1 N–H and O–H groups in total. The van der Waals surface area contributed by atoms with E-state index in [-0.39, 0.29) is 0 Å². The second kappa shape index (κ2) is 3.45. The number of fused-ring (bicyclic) bond motifs is 1. The molecule has 0 radical (unpaired) electrons. The van der Waals surface area contributed by atoms with E-state index in [0.29, 0.717) is 0 Å². The Bertz CT molecular complexity index is 480. The summed E-state index contributed by atoms with van der Waals surface area (Å²) >= 11 is 1.76.